The number of aryl methyl sites for hydroxylation is 1. The molecule has 27 heavy (non-hydrogen) atoms. The summed E-state index contributed by atoms with van der Waals surface area (Å²) in [4.78, 5) is 18.5. The Balaban J connectivity index is 1.54. The van der Waals surface area contributed by atoms with Crippen molar-refractivity contribution >= 4 is 22.5 Å². The highest BCUT2D eigenvalue weighted by Crippen LogP contribution is 2.27. The molecule has 2 N–H and O–H groups in total. The number of hydrogen-bond donors (Lipinski definition) is 2. The second kappa shape index (κ2) is 7.35. The van der Waals surface area contributed by atoms with Gasteiger partial charge in [0.05, 0.1) is 7.11 Å². The van der Waals surface area contributed by atoms with Crippen LogP contribution in [0.3, 0.4) is 0 Å². The predicted molar refractivity (Wildman–Crippen MR) is 109 cm³/mol. The van der Waals surface area contributed by atoms with Gasteiger partial charge in [-0.2, -0.15) is 0 Å². The lowest BCUT2D eigenvalue weighted by Gasteiger charge is -2.21. The highest BCUT2D eigenvalue weighted by molar-refractivity contribution is 6.01. The second-order valence-corrected chi connectivity index (χ2v) is 7.04. The van der Waals surface area contributed by atoms with Gasteiger partial charge in [-0.3, -0.25) is 4.79 Å². The Bertz CT molecular complexity index is 971. The van der Waals surface area contributed by atoms with Crippen LogP contribution >= 0.6 is 0 Å². The standard InChI is InChI=1S/C22H25N3O2/c1-15-18-13-17(27-2)9-10-19(18)24-21(15)22(26)23-14-16-7-3-4-8-20(16)25-11-5-6-12-25/h3-4,7-10,13,24H,5-6,11-12,14H2,1-2H3,(H,23,26). The van der Waals surface area contributed by atoms with E-state index in [1.165, 1.54) is 18.5 Å². The summed E-state index contributed by atoms with van der Waals surface area (Å²) in [5.41, 5.74) is 4.87. The zero-order valence-corrected chi connectivity index (χ0v) is 15.8. The molecule has 1 aromatic heterocycles. The van der Waals surface area contributed by atoms with Gasteiger partial charge in [0.15, 0.2) is 0 Å². The summed E-state index contributed by atoms with van der Waals surface area (Å²) in [6, 6.07) is 14.1. The number of hydrogen-bond acceptors (Lipinski definition) is 3. The number of anilines is 1. The molecule has 140 valence electrons. The number of fused-ring (bicyclic) bond motifs is 1. The van der Waals surface area contributed by atoms with Crippen LogP contribution in [0.2, 0.25) is 0 Å². The Kier molecular flexibility index (Phi) is 4.75. The van der Waals surface area contributed by atoms with E-state index in [9.17, 15) is 4.79 Å². The van der Waals surface area contributed by atoms with Gasteiger partial charge in [0.25, 0.3) is 5.91 Å². The zero-order chi connectivity index (χ0) is 18.8. The molecule has 5 nitrogen and oxygen atoms in total. The summed E-state index contributed by atoms with van der Waals surface area (Å²) in [7, 11) is 1.65. The maximum absolute atomic E-state index is 12.8. The number of nitrogens with one attached hydrogen (secondary N) is 2. The summed E-state index contributed by atoms with van der Waals surface area (Å²) < 4.78 is 5.30. The van der Waals surface area contributed by atoms with Gasteiger partial charge in [0.2, 0.25) is 0 Å². The SMILES string of the molecule is COc1ccc2[nH]c(C(=O)NCc3ccccc3N3CCCC3)c(C)c2c1. The first-order valence-electron chi connectivity index (χ1n) is 9.45. The molecule has 1 aliphatic rings. The molecule has 2 heterocycles. The first-order chi connectivity index (χ1) is 13.2. The number of ether oxygens (including phenoxy) is 1. The number of aromatic nitrogens is 1. The Morgan fingerprint density at radius 2 is 1.96 bits per heavy atom. The molecule has 3 aromatic rings. The Morgan fingerprint density at radius 1 is 1.19 bits per heavy atom. The monoisotopic (exact) mass is 363 g/mol. The van der Waals surface area contributed by atoms with Crippen LogP contribution in [0.4, 0.5) is 5.69 Å². The molecule has 0 atom stereocenters. The molecule has 0 radical (unpaired) electrons. The van der Waals surface area contributed by atoms with Crippen LogP contribution in [0.5, 0.6) is 5.75 Å². The highest BCUT2D eigenvalue weighted by atomic mass is 16.5. The average molecular weight is 363 g/mol. The topological polar surface area (TPSA) is 57.4 Å². The lowest BCUT2D eigenvalue weighted by Crippen LogP contribution is -2.26. The molecule has 1 aliphatic heterocycles. The summed E-state index contributed by atoms with van der Waals surface area (Å²) in [5.74, 6) is 0.704. The number of carbonyl (C=O) groups excluding carboxylic acids is 1. The van der Waals surface area contributed by atoms with Gasteiger partial charge in [0, 0.05) is 36.2 Å². The van der Waals surface area contributed by atoms with E-state index in [1.807, 2.05) is 31.2 Å². The third-order valence-electron chi connectivity index (χ3n) is 5.37. The first-order valence-corrected chi connectivity index (χ1v) is 9.45. The Labute approximate surface area is 159 Å². The van der Waals surface area contributed by atoms with E-state index < -0.39 is 0 Å². The number of aromatic amines is 1. The molecule has 0 saturated carbocycles. The smallest absolute Gasteiger partial charge is 0.268 e. The molecule has 0 unspecified atom stereocenters. The van der Waals surface area contributed by atoms with Crippen molar-refractivity contribution in [2.24, 2.45) is 0 Å². The van der Waals surface area contributed by atoms with E-state index in [0.717, 1.165) is 40.9 Å². The molecule has 0 aliphatic carbocycles. The predicted octanol–water partition coefficient (Wildman–Crippen LogP) is 4.02. The summed E-state index contributed by atoms with van der Waals surface area (Å²) in [6.45, 7) is 4.66. The van der Waals surface area contributed by atoms with Crippen LogP contribution in [0, 0.1) is 6.92 Å². The molecule has 1 saturated heterocycles. The maximum atomic E-state index is 12.8. The van der Waals surface area contributed by atoms with Gasteiger partial charge in [-0.25, -0.2) is 0 Å². The molecular weight excluding hydrogens is 338 g/mol. The number of amides is 1. The lowest BCUT2D eigenvalue weighted by molar-refractivity contribution is 0.0946. The van der Waals surface area contributed by atoms with Crippen LogP contribution in [0.25, 0.3) is 10.9 Å². The van der Waals surface area contributed by atoms with E-state index in [1.54, 1.807) is 7.11 Å². The minimum atomic E-state index is -0.0844. The Morgan fingerprint density at radius 3 is 2.74 bits per heavy atom. The van der Waals surface area contributed by atoms with E-state index in [-0.39, 0.29) is 5.91 Å². The highest BCUT2D eigenvalue weighted by Gasteiger charge is 2.18. The number of rotatable bonds is 5. The van der Waals surface area contributed by atoms with E-state index in [4.69, 9.17) is 4.74 Å². The quantitative estimate of drug-likeness (QED) is 0.720. The molecule has 4 rings (SSSR count). The zero-order valence-electron chi connectivity index (χ0n) is 15.8. The van der Waals surface area contributed by atoms with Crippen molar-refractivity contribution < 1.29 is 9.53 Å². The number of benzene rings is 2. The molecule has 2 aromatic carbocycles. The van der Waals surface area contributed by atoms with Crippen molar-refractivity contribution in [1.29, 1.82) is 0 Å². The van der Waals surface area contributed by atoms with Crippen LogP contribution in [-0.2, 0) is 6.54 Å². The average Bonchev–Trinajstić information content (AvgIpc) is 3.34. The fourth-order valence-electron chi connectivity index (χ4n) is 3.85. The van der Waals surface area contributed by atoms with Crippen molar-refractivity contribution in [3.63, 3.8) is 0 Å². The van der Waals surface area contributed by atoms with Crippen molar-refractivity contribution in [1.82, 2.24) is 10.3 Å². The first kappa shape index (κ1) is 17.5. The van der Waals surface area contributed by atoms with Crippen LogP contribution < -0.4 is 15.0 Å². The number of para-hydroxylation sites is 1. The van der Waals surface area contributed by atoms with Crippen LogP contribution in [0.15, 0.2) is 42.5 Å². The molecular formula is C22H25N3O2. The Hall–Kier alpha value is -2.95. The van der Waals surface area contributed by atoms with E-state index in [0.29, 0.717) is 12.2 Å². The minimum absolute atomic E-state index is 0.0844. The molecule has 5 heteroatoms. The van der Waals surface area contributed by atoms with Crippen LogP contribution in [0.1, 0.15) is 34.5 Å². The second-order valence-electron chi connectivity index (χ2n) is 7.04. The number of carbonyl (C=O) groups is 1. The van der Waals surface area contributed by atoms with Gasteiger partial charge in [-0.15, -0.1) is 0 Å². The van der Waals surface area contributed by atoms with Gasteiger partial charge in [-0.1, -0.05) is 18.2 Å². The number of nitrogens with zero attached hydrogens (tertiary/aromatic N) is 1. The van der Waals surface area contributed by atoms with Gasteiger partial charge >= 0.3 is 0 Å². The third kappa shape index (κ3) is 3.37. The molecule has 1 fully saturated rings. The maximum Gasteiger partial charge on any atom is 0.268 e. The fraction of sp³-hybridized carbons (Fsp3) is 0.318. The molecule has 0 spiro atoms. The van der Waals surface area contributed by atoms with Crippen molar-refractivity contribution in [2.75, 3.05) is 25.1 Å². The number of H-pyrrole nitrogens is 1. The van der Waals surface area contributed by atoms with E-state index in [2.05, 4.69) is 33.4 Å². The van der Waals surface area contributed by atoms with Gasteiger partial charge < -0.3 is 19.9 Å². The van der Waals surface area contributed by atoms with Crippen molar-refractivity contribution in [3.05, 3.63) is 59.3 Å². The molecule has 0 bridgehead atoms. The summed E-state index contributed by atoms with van der Waals surface area (Å²) in [5, 5.41) is 4.09. The van der Waals surface area contributed by atoms with Crippen molar-refractivity contribution in [2.45, 2.75) is 26.3 Å². The van der Waals surface area contributed by atoms with Crippen LogP contribution in [-0.4, -0.2) is 31.1 Å². The minimum Gasteiger partial charge on any atom is -0.497 e. The molecule has 1 amide bonds. The lowest BCUT2D eigenvalue weighted by atomic mass is 10.1. The normalized spacial score (nSPS) is 13.9. The number of methoxy groups -OCH3 is 1. The summed E-state index contributed by atoms with van der Waals surface area (Å²) >= 11 is 0. The van der Waals surface area contributed by atoms with Gasteiger partial charge in [-0.05, 0) is 55.2 Å². The van der Waals surface area contributed by atoms with Gasteiger partial charge in [0.1, 0.15) is 11.4 Å². The third-order valence-corrected chi connectivity index (χ3v) is 5.37. The summed E-state index contributed by atoms with van der Waals surface area (Å²) in [6.07, 6.45) is 2.47. The van der Waals surface area contributed by atoms with Crippen molar-refractivity contribution in [3.8, 4) is 5.75 Å². The largest absolute Gasteiger partial charge is 0.497 e. The fourth-order valence-corrected chi connectivity index (χ4v) is 3.85. The van der Waals surface area contributed by atoms with E-state index >= 15 is 0 Å².